The molecule has 0 aromatic carbocycles. The highest BCUT2D eigenvalue weighted by Crippen LogP contribution is 2.00. The van der Waals surface area contributed by atoms with Gasteiger partial charge in [-0.1, -0.05) is 6.07 Å². The number of aromatic nitrogens is 1. The zero-order valence-corrected chi connectivity index (χ0v) is 6.54. The van der Waals surface area contributed by atoms with Crippen molar-refractivity contribution in [3.05, 3.63) is 29.6 Å². The Hall–Kier alpha value is -1.36. The SMILES string of the molecule is Cc1ccc(CCC#N)nc1. The Bertz CT molecular complexity index is 256. The molecular weight excluding hydrogens is 136 g/mol. The molecule has 1 heterocycles. The highest BCUT2D eigenvalue weighted by molar-refractivity contribution is 5.12. The molecule has 0 aliphatic heterocycles. The molecule has 1 rings (SSSR count). The predicted octanol–water partition coefficient (Wildman–Crippen LogP) is 1.85. The summed E-state index contributed by atoms with van der Waals surface area (Å²) in [5.74, 6) is 0. The summed E-state index contributed by atoms with van der Waals surface area (Å²) in [5, 5.41) is 8.30. The van der Waals surface area contributed by atoms with Gasteiger partial charge in [0, 0.05) is 24.7 Å². The van der Waals surface area contributed by atoms with Gasteiger partial charge < -0.3 is 0 Å². The summed E-state index contributed by atoms with van der Waals surface area (Å²) in [6, 6.07) is 6.07. The van der Waals surface area contributed by atoms with Crippen LogP contribution in [-0.4, -0.2) is 4.98 Å². The van der Waals surface area contributed by atoms with E-state index in [0.717, 1.165) is 17.7 Å². The number of hydrogen-bond donors (Lipinski definition) is 0. The monoisotopic (exact) mass is 146 g/mol. The van der Waals surface area contributed by atoms with Gasteiger partial charge >= 0.3 is 0 Å². The van der Waals surface area contributed by atoms with Crippen molar-refractivity contribution in [1.29, 1.82) is 5.26 Å². The maximum Gasteiger partial charge on any atom is 0.0625 e. The Labute approximate surface area is 66.5 Å². The summed E-state index contributed by atoms with van der Waals surface area (Å²) in [5.41, 5.74) is 2.16. The van der Waals surface area contributed by atoms with Gasteiger partial charge in [0.25, 0.3) is 0 Å². The molecule has 2 nitrogen and oxygen atoms in total. The van der Waals surface area contributed by atoms with Crippen molar-refractivity contribution in [3.63, 3.8) is 0 Å². The molecule has 0 amide bonds. The second-order valence-electron chi connectivity index (χ2n) is 2.49. The Morgan fingerprint density at radius 1 is 1.55 bits per heavy atom. The van der Waals surface area contributed by atoms with E-state index in [2.05, 4.69) is 11.1 Å². The molecule has 0 bridgehead atoms. The lowest BCUT2D eigenvalue weighted by Gasteiger charge is -1.95. The molecular formula is C9H10N2. The molecule has 0 N–H and O–H groups in total. The molecule has 0 aliphatic rings. The van der Waals surface area contributed by atoms with E-state index >= 15 is 0 Å². The van der Waals surface area contributed by atoms with E-state index < -0.39 is 0 Å². The minimum atomic E-state index is 0.552. The number of nitrogens with zero attached hydrogens (tertiary/aromatic N) is 2. The third-order valence-corrected chi connectivity index (χ3v) is 1.47. The lowest BCUT2D eigenvalue weighted by atomic mass is 10.2. The Balaban J connectivity index is 2.60. The normalized spacial score (nSPS) is 9.09. The van der Waals surface area contributed by atoms with E-state index in [9.17, 15) is 0 Å². The molecule has 1 aromatic rings. The third kappa shape index (κ3) is 2.38. The molecule has 11 heavy (non-hydrogen) atoms. The van der Waals surface area contributed by atoms with Gasteiger partial charge in [-0.15, -0.1) is 0 Å². The first-order valence-corrected chi connectivity index (χ1v) is 3.61. The van der Waals surface area contributed by atoms with Gasteiger partial charge in [-0.05, 0) is 18.6 Å². The van der Waals surface area contributed by atoms with E-state index in [1.165, 1.54) is 0 Å². The van der Waals surface area contributed by atoms with Gasteiger partial charge in [-0.2, -0.15) is 5.26 Å². The lowest BCUT2D eigenvalue weighted by molar-refractivity contribution is 0.948. The highest BCUT2D eigenvalue weighted by atomic mass is 14.7. The quantitative estimate of drug-likeness (QED) is 0.638. The van der Waals surface area contributed by atoms with E-state index in [1.807, 2.05) is 25.3 Å². The van der Waals surface area contributed by atoms with Crippen LogP contribution in [0.15, 0.2) is 18.3 Å². The van der Waals surface area contributed by atoms with E-state index in [-0.39, 0.29) is 0 Å². The predicted molar refractivity (Wildman–Crippen MR) is 42.9 cm³/mol. The van der Waals surface area contributed by atoms with Crippen molar-refractivity contribution in [2.45, 2.75) is 19.8 Å². The first-order valence-electron chi connectivity index (χ1n) is 3.61. The minimum Gasteiger partial charge on any atom is -0.261 e. The highest BCUT2D eigenvalue weighted by Gasteiger charge is 1.91. The summed E-state index contributed by atoms with van der Waals surface area (Å²) >= 11 is 0. The average molecular weight is 146 g/mol. The van der Waals surface area contributed by atoms with Crippen molar-refractivity contribution >= 4 is 0 Å². The summed E-state index contributed by atoms with van der Waals surface area (Å²) in [4.78, 5) is 4.16. The molecule has 2 heteroatoms. The molecule has 56 valence electrons. The van der Waals surface area contributed by atoms with Gasteiger partial charge in [0.1, 0.15) is 0 Å². The zero-order valence-electron chi connectivity index (χ0n) is 6.54. The molecule has 0 spiro atoms. The standard InChI is InChI=1S/C9H10N2/c1-8-4-5-9(11-7-8)3-2-6-10/h4-5,7H,2-3H2,1H3. The van der Waals surface area contributed by atoms with Crippen LogP contribution < -0.4 is 0 Å². The number of pyridine rings is 1. The maximum absolute atomic E-state index is 8.30. The van der Waals surface area contributed by atoms with Crippen molar-refractivity contribution in [1.82, 2.24) is 4.98 Å². The number of nitriles is 1. The fourth-order valence-electron chi connectivity index (χ4n) is 0.830. The van der Waals surface area contributed by atoms with Crippen LogP contribution >= 0.6 is 0 Å². The Morgan fingerprint density at radius 3 is 2.91 bits per heavy atom. The molecule has 0 aliphatic carbocycles. The van der Waals surface area contributed by atoms with Crippen LogP contribution in [0.25, 0.3) is 0 Å². The molecule has 0 saturated carbocycles. The van der Waals surface area contributed by atoms with E-state index in [4.69, 9.17) is 5.26 Å². The Morgan fingerprint density at radius 2 is 2.36 bits per heavy atom. The number of rotatable bonds is 2. The van der Waals surface area contributed by atoms with Crippen LogP contribution in [0.5, 0.6) is 0 Å². The topological polar surface area (TPSA) is 36.7 Å². The molecule has 0 saturated heterocycles. The smallest absolute Gasteiger partial charge is 0.0625 e. The number of hydrogen-bond acceptors (Lipinski definition) is 2. The fourth-order valence-corrected chi connectivity index (χ4v) is 0.830. The van der Waals surface area contributed by atoms with Crippen LogP contribution in [0.4, 0.5) is 0 Å². The van der Waals surface area contributed by atoms with Gasteiger partial charge in [0.2, 0.25) is 0 Å². The summed E-state index contributed by atoms with van der Waals surface area (Å²) in [6.45, 7) is 2.00. The number of aryl methyl sites for hydroxylation is 2. The van der Waals surface area contributed by atoms with Crippen molar-refractivity contribution in [2.24, 2.45) is 0 Å². The van der Waals surface area contributed by atoms with Crippen LogP contribution in [-0.2, 0) is 6.42 Å². The van der Waals surface area contributed by atoms with Crippen LogP contribution in [0, 0.1) is 18.3 Å². The zero-order chi connectivity index (χ0) is 8.10. The molecule has 0 fully saturated rings. The van der Waals surface area contributed by atoms with Crippen LogP contribution in [0.1, 0.15) is 17.7 Å². The van der Waals surface area contributed by atoms with Gasteiger partial charge in [0.05, 0.1) is 6.07 Å². The third-order valence-electron chi connectivity index (χ3n) is 1.47. The van der Waals surface area contributed by atoms with Crippen molar-refractivity contribution < 1.29 is 0 Å². The fraction of sp³-hybridized carbons (Fsp3) is 0.333. The van der Waals surface area contributed by atoms with Crippen molar-refractivity contribution in [3.8, 4) is 6.07 Å². The molecule has 1 aromatic heterocycles. The second kappa shape index (κ2) is 3.72. The lowest BCUT2D eigenvalue weighted by Crippen LogP contribution is -1.88. The summed E-state index contributed by atoms with van der Waals surface area (Å²) in [6.07, 6.45) is 3.14. The van der Waals surface area contributed by atoms with Gasteiger partial charge in [-0.3, -0.25) is 4.98 Å². The second-order valence-corrected chi connectivity index (χ2v) is 2.49. The molecule has 0 radical (unpaired) electrons. The summed E-state index contributed by atoms with van der Waals surface area (Å²) < 4.78 is 0. The van der Waals surface area contributed by atoms with Gasteiger partial charge in [-0.25, -0.2) is 0 Å². The maximum atomic E-state index is 8.30. The Kier molecular flexibility index (Phi) is 2.62. The first kappa shape index (κ1) is 7.74. The minimum absolute atomic E-state index is 0.552. The first-order chi connectivity index (χ1) is 5.33. The summed E-state index contributed by atoms with van der Waals surface area (Å²) in [7, 11) is 0. The average Bonchev–Trinajstić information content (AvgIpc) is 2.04. The molecule has 0 atom stereocenters. The van der Waals surface area contributed by atoms with E-state index in [1.54, 1.807) is 0 Å². The van der Waals surface area contributed by atoms with Crippen LogP contribution in [0.2, 0.25) is 0 Å². The largest absolute Gasteiger partial charge is 0.261 e. The van der Waals surface area contributed by atoms with Crippen LogP contribution in [0.3, 0.4) is 0 Å². The molecule has 0 unspecified atom stereocenters. The van der Waals surface area contributed by atoms with E-state index in [0.29, 0.717) is 6.42 Å². The van der Waals surface area contributed by atoms with Gasteiger partial charge in [0.15, 0.2) is 0 Å². The van der Waals surface area contributed by atoms with Crippen molar-refractivity contribution in [2.75, 3.05) is 0 Å².